The van der Waals surface area contributed by atoms with E-state index in [0.29, 0.717) is 5.92 Å². The summed E-state index contributed by atoms with van der Waals surface area (Å²) in [6.07, 6.45) is 4.86. The second kappa shape index (κ2) is 5.55. The summed E-state index contributed by atoms with van der Waals surface area (Å²) >= 11 is 0. The van der Waals surface area contributed by atoms with Gasteiger partial charge in [0.15, 0.2) is 0 Å². The number of aromatic nitrogens is 2. The van der Waals surface area contributed by atoms with Crippen LogP contribution in [0.1, 0.15) is 23.7 Å². The fourth-order valence-corrected chi connectivity index (χ4v) is 2.58. The van der Waals surface area contributed by atoms with Gasteiger partial charge in [-0.25, -0.2) is 4.98 Å². The lowest BCUT2D eigenvalue weighted by atomic mass is 10.0. The van der Waals surface area contributed by atoms with Crippen molar-refractivity contribution in [3.05, 3.63) is 54.1 Å². The largest absolute Gasteiger partial charge is 0.381 e. The van der Waals surface area contributed by atoms with E-state index in [1.54, 1.807) is 0 Å². The smallest absolute Gasteiger partial charge is 0.0948 e. The molecule has 1 saturated heterocycles. The maximum atomic E-state index is 6.34. The predicted molar refractivity (Wildman–Crippen MR) is 73.6 cm³/mol. The minimum Gasteiger partial charge on any atom is -0.381 e. The van der Waals surface area contributed by atoms with Crippen LogP contribution in [0.15, 0.2) is 42.9 Å². The number of benzene rings is 1. The molecule has 4 heteroatoms. The molecule has 0 saturated carbocycles. The second-order valence-corrected chi connectivity index (χ2v) is 5.09. The van der Waals surface area contributed by atoms with Gasteiger partial charge in [0.25, 0.3) is 0 Å². The van der Waals surface area contributed by atoms with Crippen LogP contribution in [0, 0.1) is 5.92 Å². The van der Waals surface area contributed by atoms with Crippen molar-refractivity contribution in [2.24, 2.45) is 11.7 Å². The molecule has 2 N–H and O–H groups in total. The summed E-state index contributed by atoms with van der Waals surface area (Å²) in [5.41, 5.74) is 8.53. The molecule has 0 radical (unpaired) electrons. The van der Waals surface area contributed by atoms with E-state index in [1.807, 2.05) is 30.7 Å². The number of hydrogen-bond donors (Lipinski definition) is 1. The van der Waals surface area contributed by atoms with Gasteiger partial charge in [0, 0.05) is 19.1 Å². The van der Waals surface area contributed by atoms with E-state index in [1.165, 1.54) is 0 Å². The Labute approximate surface area is 113 Å². The highest BCUT2D eigenvalue weighted by molar-refractivity contribution is 5.26. The molecule has 1 aliphatic heterocycles. The van der Waals surface area contributed by atoms with Crippen molar-refractivity contribution in [3.63, 3.8) is 0 Å². The van der Waals surface area contributed by atoms with Crippen LogP contribution in [0.4, 0.5) is 0 Å². The third-order valence-electron chi connectivity index (χ3n) is 3.70. The maximum absolute atomic E-state index is 6.34. The first-order valence-electron chi connectivity index (χ1n) is 6.73. The highest BCUT2D eigenvalue weighted by Crippen LogP contribution is 2.22. The van der Waals surface area contributed by atoms with Gasteiger partial charge in [-0.3, -0.25) is 0 Å². The molecule has 19 heavy (non-hydrogen) atoms. The maximum Gasteiger partial charge on any atom is 0.0948 e. The number of hydrogen-bond acceptors (Lipinski definition) is 3. The summed E-state index contributed by atoms with van der Waals surface area (Å²) in [7, 11) is 0. The van der Waals surface area contributed by atoms with Crippen LogP contribution in [-0.4, -0.2) is 22.8 Å². The van der Waals surface area contributed by atoms with Crippen molar-refractivity contribution in [2.45, 2.75) is 19.0 Å². The summed E-state index contributed by atoms with van der Waals surface area (Å²) < 4.78 is 7.59. The lowest BCUT2D eigenvalue weighted by Crippen LogP contribution is -2.19. The van der Waals surface area contributed by atoms with Crippen LogP contribution in [0.5, 0.6) is 0 Å². The van der Waals surface area contributed by atoms with Gasteiger partial charge in [0.2, 0.25) is 0 Å². The molecule has 2 aromatic rings. The standard InChI is InChI=1S/C15H19N3O/c16-15(13-4-2-1-3-5-13)14-8-17-11-18(14)9-12-6-7-19-10-12/h1-5,8,11-12,15H,6-7,9-10,16H2. The van der Waals surface area contributed by atoms with Gasteiger partial charge in [-0.2, -0.15) is 0 Å². The molecular weight excluding hydrogens is 238 g/mol. The molecule has 0 aliphatic carbocycles. The van der Waals surface area contributed by atoms with Gasteiger partial charge >= 0.3 is 0 Å². The number of rotatable bonds is 4. The van der Waals surface area contributed by atoms with Gasteiger partial charge in [0.1, 0.15) is 0 Å². The zero-order valence-corrected chi connectivity index (χ0v) is 10.9. The monoisotopic (exact) mass is 257 g/mol. The molecule has 0 amide bonds. The molecule has 1 aliphatic rings. The number of nitrogens with two attached hydrogens (primary N) is 1. The fourth-order valence-electron chi connectivity index (χ4n) is 2.58. The molecule has 2 heterocycles. The Bertz CT molecular complexity index is 517. The molecule has 1 aromatic heterocycles. The molecule has 2 unspecified atom stereocenters. The van der Waals surface area contributed by atoms with E-state index in [4.69, 9.17) is 10.5 Å². The molecule has 1 aromatic carbocycles. The zero-order chi connectivity index (χ0) is 13.1. The molecule has 2 atom stereocenters. The Morgan fingerprint density at radius 1 is 1.37 bits per heavy atom. The topological polar surface area (TPSA) is 53.1 Å². The van der Waals surface area contributed by atoms with Crippen molar-refractivity contribution in [1.29, 1.82) is 0 Å². The van der Waals surface area contributed by atoms with Gasteiger partial charge < -0.3 is 15.0 Å². The van der Waals surface area contributed by atoms with E-state index in [0.717, 1.165) is 37.4 Å². The third-order valence-corrected chi connectivity index (χ3v) is 3.70. The number of ether oxygens (including phenoxy) is 1. The van der Waals surface area contributed by atoms with Crippen LogP contribution < -0.4 is 5.73 Å². The van der Waals surface area contributed by atoms with Gasteiger partial charge in [-0.05, 0) is 12.0 Å². The van der Waals surface area contributed by atoms with Crippen LogP contribution in [0.2, 0.25) is 0 Å². The molecule has 100 valence electrons. The highest BCUT2D eigenvalue weighted by Gasteiger charge is 2.19. The summed E-state index contributed by atoms with van der Waals surface area (Å²) in [5, 5.41) is 0. The van der Waals surface area contributed by atoms with E-state index in [9.17, 15) is 0 Å². The Balaban J connectivity index is 1.79. The van der Waals surface area contributed by atoms with Crippen LogP contribution in [0.3, 0.4) is 0 Å². The molecule has 0 spiro atoms. The molecular formula is C15H19N3O. The Morgan fingerprint density at radius 3 is 2.95 bits per heavy atom. The molecule has 0 bridgehead atoms. The first-order chi connectivity index (χ1) is 9.34. The van der Waals surface area contributed by atoms with Gasteiger partial charge in [-0.15, -0.1) is 0 Å². The Morgan fingerprint density at radius 2 is 2.21 bits per heavy atom. The fraction of sp³-hybridized carbons (Fsp3) is 0.400. The zero-order valence-electron chi connectivity index (χ0n) is 10.9. The Hall–Kier alpha value is -1.65. The van der Waals surface area contributed by atoms with E-state index >= 15 is 0 Å². The predicted octanol–water partition coefficient (Wildman–Crippen LogP) is 1.97. The minimum atomic E-state index is -0.119. The van der Waals surface area contributed by atoms with Crippen molar-refractivity contribution in [1.82, 2.24) is 9.55 Å². The van der Waals surface area contributed by atoms with Crippen LogP contribution in [-0.2, 0) is 11.3 Å². The summed E-state index contributed by atoms with van der Waals surface area (Å²) in [6.45, 7) is 2.66. The lowest BCUT2D eigenvalue weighted by Gasteiger charge is -2.17. The molecule has 3 rings (SSSR count). The summed E-state index contributed by atoms with van der Waals surface area (Å²) in [5.74, 6) is 0.580. The first kappa shape index (κ1) is 12.4. The van der Waals surface area contributed by atoms with Crippen molar-refractivity contribution < 1.29 is 4.74 Å². The van der Waals surface area contributed by atoms with Gasteiger partial charge in [0.05, 0.1) is 30.9 Å². The minimum absolute atomic E-state index is 0.119. The molecule has 4 nitrogen and oxygen atoms in total. The van der Waals surface area contributed by atoms with E-state index < -0.39 is 0 Å². The Kier molecular flexibility index (Phi) is 3.62. The first-order valence-corrected chi connectivity index (χ1v) is 6.73. The quantitative estimate of drug-likeness (QED) is 0.911. The average Bonchev–Trinajstić information content (AvgIpc) is 3.11. The van der Waals surface area contributed by atoms with E-state index in [2.05, 4.69) is 21.7 Å². The SMILES string of the molecule is NC(c1ccccc1)c1cncn1CC1CCOC1. The van der Waals surface area contributed by atoms with Crippen molar-refractivity contribution >= 4 is 0 Å². The number of nitrogens with zero attached hydrogens (tertiary/aromatic N) is 2. The molecule has 1 fully saturated rings. The normalized spacial score (nSPS) is 20.6. The number of imidazole rings is 1. The average molecular weight is 257 g/mol. The summed E-state index contributed by atoms with van der Waals surface area (Å²) in [4.78, 5) is 4.25. The van der Waals surface area contributed by atoms with Crippen molar-refractivity contribution in [2.75, 3.05) is 13.2 Å². The van der Waals surface area contributed by atoms with Crippen LogP contribution >= 0.6 is 0 Å². The van der Waals surface area contributed by atoms with E-state index in [-0.39, 0.29) is 6.04 Å². The van der Waals surface area contributed by atoms with Crippen molar-refractivity contribution in [3.8, 4) is 0 Å². The lowest BCUT2D eigenvalue weighted by molar-refractivity contribution is 0.182. The van der Waals surface area contributed by atoms with Crippen LogP contribution in [0.25, 0.3) is 0 Å². The second-order valence-electron chi connectivity index (χ2n) is 5.09. The summed E-state index contributed by atoms with van der Waals surface area (Å²) in [6, 6.07) is 10.0. The third kappa shape index (κ3) is 2.69. The highest BCUT2D eigenvalue weighted by atomic mass is 16.5. The van der Waals surface area contributed by atoms with Gasteiger partial charge in [-0.1, -0.05) is 30.3 Å².